The SMILES string of the molecule is O=C(NNS(=O)(=O)c1cccc(Cl)c1Cl)C1CCCCC1. The van der Waals surface area contributed by atoms with E-state index in [0.29, 0.717) is 0 Å². The van der Waals surface area contributed by atoms with Crippen molar-refractivity contribution in [3.63, 3.8) is 0 Å². The minimum Gasteiger partial charge on any atom is -0.277 e. The molecule has 0 bridgehead atoms. The quantitative estimate of drug-likeness (QED) is 0.819. The number of benzene rings is 1. The number of sulfonamides is 1. The topological polar surface area (TPSA) is 75.3 Å². The maximum absolute atomic E-state index is 12.1. The third kappa shape index (κ3) is 4.10. The Morgan fingerprint density at radius 2 is 1.81 bits per heavy atom. The van der Waals surface area contributed by atoms with Crippen molar-refractivity contribution in [2.75, 3.05) is 0 Å². The molecule has 0 heterocycles. The smallest absolute Gasteiger partial charge is 0.258 e. The molecule has 0 saturated heterocycles. The van der Waals surface area contributed by atoms with Gasteiger partial charge in [-0.15, -0.1) is 4.83 Å². The van der Waals surface area contributed by atoms with Gasteiger partial charge in [-0.3, -0.25) is 10.2 Å². The van der Waals surface area contributed by atoms with Crippen LogP contribution in [0.4, 0.5) is 0 Å². The van der Waals surface area contributed by atoms with Gasteiger partial charge in [-0.2, -0.15) is 0 Å². The first-order valence-corrected chi connectivity index (χ1v) is 8.91. The number of carbonyl (C=O) groups is 1. The summed E-state index contributed by atoms with van der Waals surface area (Å²) in [5, 5.41) is 0.0664. The molecule has 0 radical (unpaired) electrons. The zero-order valence-corrected chi connectivity index (χ0v) is 13.6. The van der Waals surface area contributed by atoms with E-state index in [9.17, 15) is 13.2 Å². The van der Waals surface area contributed by atoms with Gasteiger partial charge in [0.25, 0.3) is 10.0 Å². The molecule has 5 nitrogen and oxygen atoms in total. The number of amides is 1. The standard InChI is InChI=1S/C13H16Cl2N2O3S/c14-10-7-4-8-11(12(10)15)21(19,20)17-16-13(18)9-5-2-1-3-6-9/h4,7-9,17H,1-3,5-6H2,(H,16,18). The summed E-state index contributed by atoms with van der Waals surface area (Å²) in [6.07, 6.45) is 4.67. The third-order valence-corrected chi connectivity index (χ3v) is 5.71. The molecule has 0 unspecified atom stereocenters. The van der Waals surface area contributed by atoms with Crippen molar-refractivity contribution in [1.29, 1.82) is 0 Å². The number of halogens is 2. The van der Waals surface area contributed by atoms with Crippen molar-refractivity contribution < 1.29 is 13.2 Å². The van der Waals surface area contributed by atoms with E-state index >= 15 is 0 Å². The van der Waals surface area contributed by atoms with Gasteiger partial charge in [-0.05, 0) is 25.0 Å². The fraction of sp³-hybridized carbons (Fsp3) is 0.462. The van der Waals surface area contributed by atoms with E-state index in [-0.39, 0.29) is 26.8 Å². The summed E-state index contributed by atoms with van der Waals surface area (Å²) in [4.78, 5) is 13.8. The van der Waals surface area contributed by atoms with Crippen LogP contribution in [-0.2, 0) is 14.8 Å². The maximum atomic E-state index is 12.1. The van der Waals surface area contributed by atoms with Crippen LogP contribution in [-0.4, -0.2) is 14.3 Å². The van der Waals surface area contributed by atoms with Gasteiger partial charge in [0.2, 0.25) is 5.91 Å². The van der Waals surface area contributed by atoms with Crippen molar-refractivity contribution in [2.24, 2.45) is 5.92 Å². The predicted octanol–water partition coefficient (Wildman–Crippen LogP) is 2.88. The first kappa shape index (κ1) is 16.5. The lowest BCUT2D eigenvalue weighted by Crippen LogP contribution is -2.44. The first-order chi connectivity index (χ1) is 9.92. The Kier molecular flexibility index (Phi) is 5.48. The minimum atomic E-state index is -3.95. The monoisotopic (exact) mass is 350 g/mol. The second-order valence-corrected chi connectivity index (χ2v) is 7.42. The van der Waals surface area contributed by atoms with Crippen LogP contribution in [0.3, 0.4) is 0 Å². The summed E-state index contributed by atoms with van der Waals surface area (Å²) >= 11 is 11.7. The van der Waals surface area contributed by atoms with Crippen LogP contribution in [0.5, 0.6) is 0 Å². The molecule has 1 fully saturated rings. The molecule has 1 aromatic rings. The number of nitrogens with one attached hydrogen (secondary N) is 2. The van der Waals surface area contributed by atoms with Gasteiger partial charge in [0.15, 0.2) is 0 Å². The average Bonchev–Trinajstić information content (AvgIpc) is 2.48. The molecule has 21 heavy (non-hydrogen) atoms. The molecule has 116 valence electrons. The van der Waals surface area contributed by atoms with Crippen molar-refractivity contribution >= 4 is 39.1 Å². The van der Waals surface area contributed by atoms with Crippen LogP contribution >= 0.6 is 23.2 Å². The van der Waals surface area contributed by atoms with E-state index in [1.165, 1.54) is 18.2 Å². The first-order valence-electron chi connectivity index (χ1n) is 6.67. The van der Waals surface area contributed by atoms with Crippen molar-refractivity contribution in [3.8, 4) is 0 Å². The molecule has 2 rings (SSSR count). The minimum absolute atomic E-state index is 0.0708. The molecule has 1 amide bonds. The molecule has 0 spiro atoms. The van der Waals surface area contributed by atoms with Crippen LogP contribution in [0.25, 0.3) is 0 Å². The van der Waals surface area contributed by atoms with Crippen LogP contribution in [0, 0.1) is 5.92 Å². The molecule has 2 N–H and O–H groups in total. The van der Waals surface area contributed by atoms with Gasteiger partial charge in [0.1, 0.15) is 4.90 Å². The van der Waals surface area contributed by atoms with E-state index in [1.54, 1.807) is 0 Å². The van der Waals surface area contributed by atoms with Gasteiger partial charge in [-0.1, -0.05) is 48.5 Å². The Morgan fingerprint density at radius 1 is 1.14 bits per heavy atom. The lowest BCUT2D eigenvalue weighted by molar-refractivity contribution is -0.126. The highest BCUT2D eigenvalue weighted by Crippen LogP contribution is 2.28. The Balaban J connectivity index is 2.04. The van der Waals surface area contributed by atoms with E-state index < -0.39 is 10.0 Å². The number of rotatable bonds is 4. The van der Waals surface area contributed by atoms with E-state index in [1.807, 2.05) is 0 Å². The molecule has 0 atom stereocenters. The average molecular weight is 351 g/mol. The number of hydrazine groups is 1. The molecular weight excluding hydrogens is 335 g/mol. The summed E-state index contributed by atoms with van der Waals surface area (Å²) < 4.78 is 24.2. The second kappa shape index (κ2) is 6.96. The van der Waals surface area contributed by atoms with Gasteiger partial charge in [0, 0.05) is 5.92 Å². The number of carbonyl (C=O) groups excluding carboxylic acids is 1. The fourth-order valence-corrected chi connectivity index (χ4v) is 3.94. The molecule has 0 aromatic heterocycles. The van der Waals surface area contributed by atoms with Gasteiger partial charge in [0.05, 0.1) is 10.0 Å². The molecule has 1 aliphatic carbocycles. The zero-order chi connectivity index (χ0) is 15.5. The molecule has 1 saturated carbocycles. The van der Waals surface area contributed by atoms with E-state index in [0.717, 1.165) is 32.1 Å². The highest BCUT2D eigenvalue weighted by Gasteiger charge is 2.24. The molecule has 8 heteroatoms. The van der Waals surface area contributed by atoms with Gasteiger partial charge in [-0.25, -0.2) is 8.42 Å². The largest absolute Gasteiger partial charge is 0.277 e. The van der Waals surface area contributed by atoms with E-state index in [2.05, 4.69) is 10.3 Å². The summed E-state index contributed by atoms with van der Waals surface area (Å²) in [7, 11) is -3.95. The summed E-state index contributed by atoms with van der Waals surface area (Å²) in [5.41, 5.74) is 2.26. The summed E-state index contributed by atoms with van der Waals surface area (Å²) in [5.74, 6) is -0.451. The summed E-state index contributed by atoms with van der Waals surface area (Å²) in [6, 6.07) is 4.29. The normalized spacial score (nSPS) is 16.7. The van der Waals surface area contributed by atoms with Gasteiger partial charge >= 0.3 is 0 Å². The van der Waals surface area contributed by atoms with Crippen molar-refractivity contribution in [3.05, 3.63) is 28.2 Å². The van der Waals surface area contributed by atoms with Gasteiger partial charge < -0.3 is 0 Å². The van der Waals surface area contributed by atoms with Crippen LogP contribution in [0.1, 0.15) is 32.1 Å². The maximum Gasteiger partial charge on any atom is 0.258 e. The Labute approximate surface area is 134 Å². The Morgan fingerprint density at radius 3 is 2.48 bits per heavy atom. The molecule has 1 aromatic carbocycles. The third-order valence-electron chi connectivity index (χ3n) is 3.49. The lowest BCUT2D eigenvalue weighted by atomic mass is 9.89. The fourth-order valence-electron chi connectivity index (χ4n) is 2.33. The molecule has 1 aliphatic rings. The number of hydrogen-bond acceptors (Lipinski definition) is 3. The second-order valence-electron chi connectivity index (χ2n) is 4.98. The Bertz CT molecular complexity index is 628. The zero-order valence-electron chi connectivity index (χ0n) is 11.2. The van der Waals surface area contributed by atoms with Crippen LogP contribution < -0.4 is 10.3 Å². The van der Waals surface area contributed by atoms with Crippen LogP contribution in [0.15, 0.2) is 23.1 Å². The van der Waals surface area contributed by atoms with Crippen LogP contribution in [0.2, 0.25) is 10.0 Å². The van der Waals surface area contributed by atoms with E-state index in [4.69, 9.17) is 23.2 Å². The highest BCUT2D eigenvalue weighted by atomic mass is 35.5. The van der Waals surface area contributed by atoms with Crippen molar-refractivity contribution in [1.82, 2.24) is 10.3 Å². The highest BCUT2D eigenvalue weighted by molar-refractivity contribution is 7.89. The molecule has 0 aliphatic heterocycles. The van der Waals surface area contributed by atoms with Crippen molar-refractivity contribution in [2.45, 2.75) is 37.0 Å². The lowest BCUT2D eigenvalue weighted by Gasteiger charge is -2.20. The Hall–Kier alpha value is -0.820. The number of hydrogen-bond donors (Lipinski definition) is 2. The predicted molar refractivity (Wildman–Crippen MR) is 81.5 cm³/mol. The molecular formula is C13H16Cl2N2O3S. The summed E-state index contributed by atoms with van der Waals surface area (Å²) in [6.45, 7) is 0.